The number of carbonyl (C=O) groups is 3. The van der Waals surface area contributed by atoms with Gasteiger partial charge in [0, 0.05) is 19.3 Å². The van der Waals surface area contributed by atoms with Crippen LogP contribution in [-0.4, -0.2) is 37.2 Å². The number of unbranched alkanes of at least 4 members (excludes halogenated alkanes) is 21. The Labute approximate surface area is 323 Å². The standard InChI is InChI=1S/C46H88O6/c1-7-42(6)34-28-22-18-19-24-30-36-45(48)51-39-43(52-46(49)37-31-25-17-13-9-11-15-21-27-33-41(4)5)38-50-44(47)35-29-23-16-12-8-10-14-20-26-32-40(2)3/h40-43H,7-39H2,1-6H3/t42?,43-/m0/s1. The lowest BCUT2D eigenvalue weighted by Gasteiger charge is -2.18. The van der Waals surface area contributed by atoms with Crippen LogP contribution in [0.1, 0.15) is 241 Å². The normalized spacial score (nSPS) is 12.7. The van der Waals surface area contributed by atoms with Crippen LogP contribution in [0, 0.1) is 17.8 Å². The SMILES string of the molecule is CCC(C)CCCCCCCCC(=O)OC[C@H](COC(=O)CCCCCCCCCCCC(C)C)OC(=O)CCCCCCCCCCCC(C)C. The van der Waals surface area contributed by atoms with Gasteiger partial charge in [-0.15, -0.1) is 0 Å². The van der Waals surface area contributed by atoms with E-state index in [2.05, 4.69) is 41.5 Å². The summed E-state index contributed by atoms with van der Waals surface area (Å²) in [5.41, 5.74) is 0. The first-order valence-corrected chi connectivity index (χ1v) is 22.6. The van der Waals surface area contributed by atoms with E-state index >= 15 is 0 Å². The van der Waals surface area contributed by atoms with E-state index in [1.165, 1.54) is 122 Å². The van der Waals surface area contributed by atoms with Crippen molar-refractivity contribution in [3.63, 3.8) is 0 Å². The zero-order valence-corrected chi connectivity index (χ0v) is 35.6. The van der Waals surface area contributed by atoms with Gasteiger partial charge < -0.3 is 14.2 Å². The van der Waals surface area contributed by atoms with Gasteiger partial charge >= 0.3 is 17.9 Å². The lowest BCUT2D eigenvalue weighted by atomic mass is 10.00. The molecule has 2 atom stereocenters. The van der Waals surface area contributed by atoms with Crippen molar-refractivity contribution in [2.24, 2.45) is 17.8 Å². The van der Waals surface area contributed by atoms with Gasteiger partial charge in [-0.1, -0.05) is 202 Å². The highest BCUT2D eigenvalue weighted by atomic mass is 16.6. The molecule has 0 amide bonds. The van der Waals surface area contributed by atoms with Crippen LogP contribution in [0.25, 0.3) is 0 Å². The summed E-state index contributed by atoms with van der Waals surface area (Å²) in [5, 5.41) is 0. The van der Waals surface area contributed by atoms with E-state index in [9.17, 15) is 14.4 Å². The number of carbonyl (C=O) groups excluding carboxylic acids is 3. The Morgan fingerprint density at radius 1 is 0.385 bits per heavy atom. The first kappa shape index (κ1) is 50.4. The fraction of sp³-hybridized carbons (Fsp3) is 0.935. The van der Waals surface area contributed by atoms with Crippen LogP contribution >= 0.6 is 0 Å². The van der Waals surface area contributed by atoms with E-state index < -0.39 is 6.10 Å². The van der Waals surface area contributed by atoms with Crippen LogP contribution in [0.15, 0.2) is 0 Å². The summed E-state index contributed by atoms with van der Waals surface area (Å²) in [6.07, 6.45) is 33.8. The molecule has 6 nitrogen and oxygen atoms in total. The largest absolute Gasteiger partial charge is 0.462 e. The summed E-state index contributed by atoms with van der Waals surface area (Å²) in [5.74, 6) is 1.56. The lowest BCUT2D eigenvalue weighted by Crippen LogP contribution is -2.30. The molecule has 1 unspecified atom stereocenters. The van der Waals surface area contributed by atoms with Gasteiger partial charge in [0.15, 0.2) is 6.10 Å². The Kier molecular flexibility index (Phi) is 36.6. The number of rotatable bonds is 39. The van der Waals surface area contributed by atoms with Crippen molar-refractivity contribution in [2.45, 2.75) is 247 Å². The first-order chi connectivity index (χ1) is 25.1. The van der Waals surface area contributed by atoms with Crippen LogP contribution in [0.3, 0.4) is 0 Å². The summed E-state index contributed by atoms with van der Waals surface area (Å²) >= 11 is 0. The molecule has 0 radical (unpaired) electrons. The maximum absolute atomic E-state index is 12.7. The van der Waals surface area contributed by atoms with Crippen LogP contribution in [0.5, 0.6) is 0 Å². The Morgan fingerprint density at radius 3 is 1.00 bits per heavy atom. The highest BCUT2D eigenvalue weighted by molar-refractivity contribution is 5.71. The number of ether oxygens (including phenoxy) is 3. The van der Waals surface area contributed by atoms with Crippen molar-refractivity contribution in [2.75, 3.05) is 13.2 Å². The molecule has 0 aliphatic rings. The lowest BCUT2D eigenvalue weighted by molar-refractivity contribution is -0.167. The van der Waals surface area contributed by atoms with Gasteiger partial charge in [0.2, 0.25) is 0 Å². The van der Waals surface area contributed by atoms with Gasteiger partial charge in [0.05, 0.1) is 0 Å². The van der Waals surface area contributed by atoms with E-state index in [0.717, 1.165) is 75.5 Å². The van der Waals surface area contributed by atoms with Crippen LogP contribution in [0.2, 0.25) is 0 Å². The van der Waals surface area contributed by atoms with Crippen molar-refractivity contribution in [1.29, 1.82) is 0 Å². The van der Waals surface area contributed by atoms with Crippen LogP contribution < -0.4 is 0 Å². The summed E-state index contributed by atoms with van der Waals surface area (Å²) < 4.78 is 16.7. The van der Waals surface area contributed by atoms with Gasteiger partial charge in [-0.3, -0.25) is 14.4 Å². The predicted octanol–water partition coefficient (Wildman–Crippen LogP) is 14.0. The van der Waals surface area contributed by atoms with Crippen molar-refractivity contribution in [3.05, 3.63) is 0 Å². The molecule has 0 aliphatic carbocycles. The van der Waals surface area contributed by atoms with Gasteiger partial charge in [-0.05, 0) is 37.0 Å². The number of hydrogen-bond acceptors (Lipinski definition) is 6. The van der Waals surface area contributed by atoms with E-state index in [-0.39, 0.29) is 31.1 Å². The molecule has 0 saturated carbocycles. The average molecular weight is 737 g/mol. The van der Waals surface area contributed by atoms with Crippen molar-refractivity contribution in [3.8, 4) is 0 Å². The second-order valence-electron chi connectivity index (χ2n) is 16.9. The quantitative estimate of drug-likeness (QED) is 0.0355. The molecule has 6 heteroatoms. The molecule has 308 valence electrons. The first-order valence-electron chi connectivity index (χ1n) is 22.6. The highest BCUT2D eigenvalue weighted by Gasteiger charge is 2.19. The molecule has 0 bridgehead atoms. The summed E-state index contributed by atoms with van der Waals surface area (Å²) in [6, 6.07) is 0. The molecule has 0 spiro atoms. The molecular formula is C46H88O6. The molecule has 52 heavy (non-hydrogen) atoms. The van der Waals surface area contributed by atoms with Gasteiger partial charge in [-0.2, -0.15) is 0 Å². The fourth-order valence-corrected chi connectivity index (χ4v) is 6.67. The third-order valence-corrected chi connectivity index (χ3v) is 10.5. The maximum Gasteiger partial charge on any atom is 0.306 e. The number of esters is 3. The maximum atomic E-state index is 12.7. The fourth-order valence-electron chi connectivity index (χ4n) is 6.67. The minimum Gasteiger partial charge on any atom is -0.462 e. The molecule has 0 fully saturated rings. The minimum atomic E-state index is -0.762. The molecule has 0 heterocycles. The van der Waals surface area contributed by atoms with Gasteiger partial charge in [0.25, 0.3) is 0 Å². The average Bonchev–Trinajstić information content (AvgIpc) is 3.11. The molecule has 0 aromatic heterocycles. The third kappa shape index (κ3) is 38.1. The second kappa shape index (κ2) is 37.7. The Balaban J connectivity index is 4.36. The van der Waals surface area contributed by atoms with Crippen molar-refractivity contribution >= 4 is 17.9 Å². The zero-order chi connectivity index (χ0) is 38.5. The smallest absolute Gasteiger partial charge is 0.306 e. The van der Waals surface area contributed by atoms with Crippen molar-refractivity contribution < 1.29 is 28.6 Å². The van der Waals surface area contributed by atoms with Crippen molar-refractivity contribution in [1.82, 2.24) is 0 Å². The monoisotopic (exact) mass is 737 g/mol. The highest BCUT2D eigenvalue weighted by Crippen LogP contribution is 2.17. The zero-order valence-electron chi connectivity index (χ0n) is 35.6. The molecule has 0 rings (SSSR count). The van der Waals surface area contributed by atoms with E-state index in [0.29, 0.717) is 19.3 Å². The molecule has 0 N–H and O–H groups in total. The third-order valence-electron chi connectivity index (χ3n) is 10.5. The van der Waals surface area contributed by atoms with E-state index in [4.69, 9.17) is 14.2 Å². The summed E-state index contributed by atoms with van der Waals surface area (Å²) in [4.78, 5) is 37.7. The second-order valence-corrected chi connectivity index (χ2v) is 16.9. The topological polar surface area (TPSA) is 78.9 Å². The summed E-state index contributed by atoms with van der Waals surface area (Å²) in [7, 11) is 0. The molecule has 0 aliphatic heterocycles. The Bertz CT molecular complexity index is 809. The number of hydrogen-bond donors (Lipinski definition) is 0. The van der Waals surface area contributed by atoms with Gasteiger partial charge in [-0.25, -0.2) is 0 Å². The molecule has 0 saturated heterocycles. The summed E-state index contributed by atoms with van der Waals surface area (Å²) in [6.45, 7) is 13.6. The van der Waals surface area contributed by atoms with E-state index in [1.54, 1.807) is 0 Å². The molecular weight excluding hydrogens is 648 g/mol. The Morgan fingerprint density at radius 2 is 0.673 bits per heavy atom. The Hall–Kier alpha value is -1.59. The van der Waals surface area contributed by atoms with Crippen LogP contribution in [-0.2, 0) is 28.6 Å². The molecule has 0 aromatic carbocycles. The minimum absolute atomic E-state index is 0.0670. The molecule has 0 aromatic rings. The van der Waals surface area contributed by atoms with E-state index in [1.807, 2.05) is 0 Å². The van der Waals surface area contributed by atoms with Gasteiger partial charge in [0.1, 0.15) is 13.2 Å². The predicted molar refractivity (Wildman–Crippen MR) is 219 cm³/mol. The van der Waals surface area contributed by atoms with Crippen LogP contribution in [0.4, 0.5) is 0 Å².